The van der Waals surface area contributed by atoms with Crippen molar-refractivity contribution in [3.8, 4) is 0 Å². The number of ether oxygens (including phenoxy) is 2. The second kappa shape index (κ2) is 6.32. The molecule has 1 amide bonds. The van der Waals surface area contributed by atoms with Crippen LogP contribution in [0.25, 0.3) is 0 Å². The van der Waals surface area contributed by atoms with E-state index in [0.717, 1.165) is 0 Å². The van der Waals surface area contributed by atoms with Gasteiger partial charge in [-0.15, -0.1) is 0 Å². The van der Waals surface area contributed by atoms with Crippen LogP contribution in [-0.2, 0) is 19.1 Å². The number of piperazine rings is 1. The van der Waals surface area contributed by atoms with Gasteiger partial charge in [0.1, 0.15) is 6.61 Å². The second-order valence-corrected chi connectivity index (χ2v) is 7.62. The molecule has 0 saturated carbocycles. The summed E-state index contributed by atoms with van der Waals surface area (Å²) < 4.78 is 11.0. The van der Waals surface area contributed by atoms with Crippen molar-refractivity contribution in [1.82, 2.24) is 10.2 Å². The molecule has 1 aliphatic carbocycles. The minimum Gasteiger partial charge on any atom is -0.449 e. The van der Waals surface area contributed by atoms with Crippen molar-refractivity contribution >= 4 is 36.0 Å². The molecule has 0 radical (unpaired) electrons. The molecule has 0 aromatic heterocycles. The third-order valence-electron chi connectivity index (χ3n) is 5.92. The quantitative estimate of drug-likeness (QED) is 0.407. The number of hydrogen-bond acceptors (Lipinski definition) is 9. The summed E-state index contributed by atoms with van der Waals surface area (Å²) in [5.74, 6) is -1.24. The van der Waals surface area contributed by atoms with Gasteiger partial charge in [-0.25, -0.2) is 4.79 Å². The van der Waals surface area contributed by atoms with E-state index in [4.69, 9.17) is 15.2 Å². The molecule has 0 aromatic rings. The standard InChI is InChI=1S/C17H22N4O5S/c1-7-11(19-3-4-27)14(23)10-8(6-26-16(18)24)17(25-2)15-9(20-15)5-21(17)12(10)13(7)22/h7-9,15,20,27H,3-6H2,1-2H3,(H2,18,24). The van der Waals surface area contributed by atoms with Crippen molar-refractivity contribution < 1.29 is 23.9 Å². The van der Waals surface area contributed by atoms with Crippen LogP contribution < -0.4 is 11.1 Å². The van der Waals surface area contributed by atoms with Crippen LogP contribution in [-0.4, -0.2) is 78.6 Å². The van der Waals surface area contributed by atoms with Gasteiger partial charge in [0.15, 0.2) is 11.5 Å². The summed E-state index contributed by atoms with van der Waals surface area (Å²) in [6.07, 6.45) is -0.938. The number of hydrogen-bond donors (Lipinski definition) is 3. The fourth-order valence-corrected chi connectivity index (χ4v) is 4.86. The van der Waals surface area contributed by atoms with Gasteiger partial charge in [0.2, 0.25) is 5.78 Å². The first-order valence-electron chi connectivity index (χ1n) is 8.87. The van der Waals surface area contributed by atoms with Gasteiger partial charge < -0.3 is 25.4 Å². The minimum atomic E-state index is -0.950. The molecule has 5 atom stereocenters. The highest BCUT2D eigenvalue weighted by Crippen LogP contribution is 2.55. The number of ketones is 2. The molecular formula is C17H22N4O5S. The maximum atomic E-state index is 13.3. The molecule has 3 aliphatic heterocycles. The Balaban J connectivity index is 1.82. The van der Waals surface area contributed by atoms with E-state index in [9.17, 15) is 14.4 Å². The zero-order valence-electron chi connectivity index (χ0n) is 15.1. The highest BCUT2D eigenvalue weighted by molar-refractivity contribution is 7.80. The zero-order valence-corrected chi connectivity index (χ0v) is 16.0. The summed E-state index contributed by atoms with van der Waals surface area (Å²) in [6.45, 7) is 2.45. The molecule has 3 N–H and O–H groups in total. The molecular weight excluding hydrogens is 372 g/mol. The number of amides is 1. The van der Waals surface area contributed by atoms with E-state index in [0.29, 0.717) is 30.1 Å². The molecule has 10 heteroatoms. The van der Waals surface area contributed by atoms with E-state index >= 15 is 0 Å². The van der Waals surface area contributed by atoms with Crippen LogP contribution in [0.3, 0.4) is 0 Å². The Labute approximate surface area is 161 Å². The number of carbonyl (C=O) groups excluding carboxylic acids is 3. The molecule has 4 aliphatic rings. The lowest BCUT2D eigenvalue weighted by Crippen LogP contribution is -2.55. The SMILES string of the molecule is COC12C(COC(N)=O)C3=C(C(=O)C(C)C(=NCCS)C3=O)N1CC1NC12. The van der Waals surface area contributed by atoms with Crippen molar-refractivity contribution in [2.45, 2.75) is 24.7 Å². The highest BCUT2D eigenvalue weighted by atomic mass is 32.1. The molecule has 0 bridgehead atoms. The Morgan fingerprint density at radius 1 is 1.48 bits per heavy atom. The van der Waals surface area contributed by atoms with Crippen molar-refractivity contribution in [3.63, 3.8) is 0 Å². The van der Waals surface area contributed by atoms with Gasteiger partial charge in [-0.3, -0.25) is 14.6 Å². The first-order valence-corrected chi connectivity index (χ1v) is 9.51. The van der Waals surface area contributed by atoms with Gasteiger partial charge in [0.05, 0.1) is 29.3 Å². The molecule has 4 rings (SSSR count). The number of nitrogens with two attached hydrogens (primary N) is 1. The van der Waals surface area contributed by atoms with E-state index in [-0.39, 0.29) is 36.0 Å². The Kier molecular flexibility index (Phi) is 4.32. The minimum absolute atomic E-state index is 0.0525. The van der Waals surface area contributed by atoms with Crippen LogP contribution in [0.4, 0.5) is 4.79 Å². The topological polar surface area (TPSA) is 133 Å². The normalized spacial score (nSPS) is 38.2. The van der Waals surface area contributed by atoms with E-state index in [1.807, 2.05) is 4.90 Å². The fraction of sp³-hybridized carbons (Fsp3) is 0.647. The molecule has 3 heterocycles. The van der Waals surface area contributed by atoms with Crippen molar-refractivity contribution in [2.24, 2.45) is 22.6 Å². The molecule has 146 valence electrons. The fourth-order valence-electron chi connectivity index (χ4n) is 4.76. The smallest absolute Gasteiger partial charge is 0.404 e. The number of allylic oxidation sites excluding steroid dienone is 1. The lowest BCUT2D eigenvalue weighted by molar-refractivity contribution is -0.138. The summed E-state index contributed by atoms with van der Waals surface area (Å²) in [5, 5.41) is 3.32. The highest BCUT2D eigenvalue weighted by Gasteiger charge is 2.73. The molecule has 0 aromatic carbocycles. The van der Waals surface area contributed by atoms with Crippen molar-refractivity contribution in [1.29, 1.82) is 0 Å². The summed E-state index contributed by atoms with van der Waals surface area (Å²) in [7, 11) is 1.54. The number of carbonyl (C=O) groups is 3. The van der Waals surface area contributed by atoms with Gasteiger partial charge in [0.25, 0.3) is 0 Å². The van der Waals surface area contributed by atoms with E-state index < -0.39 is 23.7 Å². The number of thiol groups is 1. The van der Waals surface area contributed by atoms with Crippen LogP contribution in [0.1, 0.15) is 6.92 Å². The number of nitrogens with zero attached hydrogens (tertiary/aromatic N) is 2. The first kappa shape index (κ1) is 18.5. The van der Waals surface area contributed by atoms with Gasteiger partial charge in [-0.05, 0) is 6.92 Å². The van der Waals surface area contributed by atoms with E-state index in [2.05, 4.69) is 22.9 Å². The summed E-state index contributed by atoms with van der Waals surface area (Å²) in [6, 6.07) is 0.121. The molecule has 2 fully saturated rings. The van der Waals surface area contributed by atoms with Gasteiger partial charge >= 0.3 is 6.09 Å². The van der Waals surface area contributed by atoms with Crippen LogP contribution in [0, 0.1) is 11.8 Å². The van der Waals surface area contributed by atoms with Crippen LogP contribution in [0.2, 0.25) is 0 Å². The van der Waals surface area contributed by atoms with Gasteiger partial charge in [-0.2, -0.15) is 12.6 Å². The summed E-state index contributed by atoms with van der Waals surface area (Å²) >= 11 is 4.13. The maximum Gasteiger partial charge on any atom is 0.404 e. The Morgan fingerprint density at radius 3 is 2.85 bits per heavy atom. The molecule has 27 heavy (non-hydrogen) atoms. The number of aliphatic imine (C=N–C) groups is 1. The number of nitrogens with one attached hydrogen (secondary N) is 1. The number of fused-ring (bicyclic) bond motifs is 4. The lowest BCUT2D eigenvalue weighted by Gasteiger charge is -2.39. The number of methoxy groups -OCH3 is 1. The first-order chi connectivity index (χ1) is 12.9. The van der Waals surface area contributed by atoms with Crippen molar-refractivity contribution in [2.75, 3.05) is 32.6 Å². The van der Waals surface area contributed by atoms with Crippen LogP contribution in [0.15, 0.2) is 16.3 Å². The third-order valence-corrected chi connectivity index (χ3v) is 6.12. The van der Waals surface area contributed by atoms with Crippen LogP contribution >= 0.6 is 12.6 Å². The second-order valence-electron chi connectivity index (χ2n) is 7.17. The molecule has 2 saturated heterocycles. The largest absolute Gasteiger partial charge is 0.449 e. The van der Waals surface area contributed by atoms with Gasteiger partial charge in [0, 0.05) is 37.6 Å². The van der Waals surface area contributed by atoms with E-state index in [1.165, 1.54) is 0 Å². The van der Waals surface area contributed by atoms with Crippen LogP contribution in [0.5, 0.6) is 0 Å². The Morgan fingerprint density at radius 2 is 2.22 bits per heavy atom. The van der Waals surface area contributed by atoms with E-state index in [1.54, 1.807) is 14.0 Å². The van der Waals surface area contributed by atoms with Gasteiger partial charge in [-0.1, -0.05) is 0 Å². The summed E-state index contributed by atoms with van der Waals surface area (Å²) in [5.41, 5.74) is 5.11. The molecule has 0 spiro atoms. The third kappa shape index (κ3) is 2.39. The Hall–Kier alpha value is -1.91. The average Bonchev–Trinajstić information content (AvgIpc) is 3.24. The molecule has 5 unspecified atom stereocenters. The predicted octanol–water partition coefficient (Wildman–Crippen LogP) is -0.877. The van der Waals surface area contributed by atoms with Crippen molar-refractivity contribution in [3.05, 3.63) is 11.3 Å². The average molecular weight is 394 g/mol. The number of Topliss-reactive ketones (excluding diaryl/α,β-unsaturated/α-hetero) is 2. The lowest BCUT2D eigenvalue weighted by atomic mass is 9.78. The number of primary amides is 1. The maximum absolute atomic E-state index is 13.3. The molecule has 9 nitrogen and oxygen atoms in total. The predicted molar refractivity (Wildman–Crippen MR) is 98.5 cm³/mol. The zero-order chi connectivity index (χ0) is 19.5. The monoisotopic (exact) mass is 394 g/mol. The summed E-state index contributed by atoms with van der Waals surface area (Å²) in [4.78, 5) is 43.9. The Bertz CT molecular complexity index is 796. The number of rotatable bonds is 5.